The minimum absolute atomic E-state index is 0.0440. The van der Waals surface area contributed by atoms with Gasteiger partial charge in [-0.25, -0.2) is 4.39 Å². The molecule has 3 aromatic rings. The highest BCUT2D eigenvalue weighted by molar-refractivity contribution is 5.97. The maximum atomic E-state index is 13.6. The lowest BCUT2D eigenvalue weighted by Crippen LogP contribution is -2.45. The van der Waals surface area contributed by atoms with Gasteiger partial charge in [0.05, 0.1) is 6.07 Å². The molecule has 2 aromatic carbocycles. The number of benzene rings is 2. The first-order valence-electron chi connectivity index (χ1n) is 13.4. The molecular formula is C30H27F4N5O3. The maximum absolute atomic E-state index is 13.6. The number of hydrogen-bond donors (Lipinski definition) is 3. The molecule has 1 fully saturated rings. The molecule has 2 aliphatic rings. The number of carbonyl (C=O) groups is 2. The number of ether oxygens (including phenoxy) is 1. The Morgan fingerprint density at radius 3 is 2.48 bits per heavy atom. The standard InChI is InChI=1S/C30H27F4N5O3/c1-36-27(41)23-22-14-21(18-5-4-6-19(13-18)26(40)39-29(15-35)11-2-3-12-29)25(37-16-30(32,33)34)38-28(22)42-24(23)17-7-9-20(31)10-8-17/h4-10,13-14,23-24H,2-3,11-12,16H2,1H3,(H,36,41)(H,37,38)(H,39,40). The van der Waals surface area contributed by atoms with Crippen LogP contribution in [0.25, 0.3) is 11.1 Å². The van der Waals surface area contributed by atoms with Crippen molar-refractivity contribution >= 4 is 17.6 Å². The van der Waals surface area contributed by atoms with Crippen LogP contribution in [0.3, 0.4) is 0 Å². The first kappa shape index (κ1) is 28.9. The molecule has 0 bridgehead atoms. The third-order valence-corrected chi connectivity index (χ3v) is 7.54. The highest BCUT2D eigenvalue weighted by Gasteiger charge is 2.42. The molecule has 5 rings (SSSR count). The minimum atomic E-state index is -4.56. The van der Waals surface area contributed by atoms with Crippen molar-refractivity contribution in [3.63, 3.8) is 0 Å². The number of pyridine rings is 1. The van der Waals surface area contributed by atoms with Crippen LogP contribution in [0.1, 0.15) is 59.2 Å². The van der Waals surface area contributed by atoms with Crippen LogP contribution < -0.4 is 20.7 Å². The number of nitrogens with zero attached hydrogens (tertiary/aromatic N) is 2. The Morgan fingerprint density at radius 2 is 1.83 bits per heavy atom. The lowest BCUT2D eigenvalue weighted by Gasteiger charge is -2.22. The maximum Gasteiger partial charge on any atom is 0.405 e. The molecule has 2 unspecified atom stereocenters. The largest absolute Gasteiger partial charge is 0.468 e. The quantitative estimate of drug-likeness (QED) is 0.322. The first-order valence-corrected chi connectivity index (χ1v) is 13.4. The van der Waals surface area contributed by atoms with Gasteiger partial charge in [0.1, 0.15) is 35.7 Å². The molecule has 0 radical (unpaired) electrons. The molecule has 0 spiro atoms. The van der Waals surface area contributed by atoms with Crippen LogP contribution in [0, 0.1) is 17.1 Å². The number of fused-ring (bicyclic) bond motifs is 1. The summed E-state index contributed by atoms with van der Waals surface area (Å²) in [6.07, 6.45) is -2.78. The Labute approximate surface area is 239 Å². The number of halogens is 4. The van der Waals surface area contributed by atoms with Gasteiger partial charge < -0.3 is 20.7 Å². The Morgan fingerprint density at radius 1 is 1.12 bits per heavy atom. The van der Waals surface area contributed by atoms with Crippen LogP contribution in [-0.2, 0) is 4.79 Å². The fourth-order valence-corrected chi connectivity index (χ4v) is 5.43. The fourth-order valence-electron chi connectivity index (χ4n) is 5.43. The topological polar surface area (TPSA) is 116 Å². The van der Waals surface area contributed by atoms with Crippen molar-refractivity contribution in [2.24, 2.45) is 0 Å². The van der Waals surface area contributed by atoms with Gasteiger partial charge in [-0.1, -0.05) is 24.3 Å². The van der Waals surface area contributed by atoms with Crippen molar-refractivity contribution in [3.8, 4) is 23.1 Å². The van der Waals surface area contributed by atoms with E-state index in [4.69, 9.17) is 4.74 Å². The van der Waals surface area contributed by atoms with Gasteiger partial charge in [-0.15, -0.1) is 0 Å². The van der Waals surface area contributed by atoms with E-state index in [0.717, 1.165) is 12.8 Å². The fraction of sp³-hybridized carbons (Fsp3) is 0.333. The van der Waals surface area contributed by atoms with E-state index in [-0.39, 0.29) is 22.8 Å². The van der Waals surface area contributed by atoms with Crippen molar-refractivity contribution in [1.29, 1.82) is 5.26 Å². The summed E-state index contributed by atoms with van der Waals surface area (Å²) >= 11 is 0. The third-order valence-electron chi connectivity index (χ3n) is 7.54. The van der Waals surface area contributed by atoms with Crippen molar-refractivity contribution in [1.82, 2.24) is 15.6 Å². The van der Waals surface area contributed by atoms with E-state index in [1.54, 1.807) is 18.2 Å². The van der Waals surface area contributed by atoms with Gasteiger partial charge in [-0.3, -0.25) is 9.59 Å². The smallest absolute Gasteiger partial charge is 0.405 e. The Hall–Kier alpha value is -4.66. The SMILES string of the molecule is CNC(=O)C1c2cc(-c3cccc(C(=O)NC4(C#N)CCCC4)c3)c(NCC(F)(F)F)nc2OC1c1ccc(F)cc1. The molecule has 2 atom stereocenters. The van der Waals surface area contributed by atoms with E-state index in [1.165, 1.54) is 43.4 Å². The van der Waals surface area contributed by atoms with Crippen molar-refractivity contribution in [2.75, 3.05) is 18.9 Å². The second-order valence-corrected chi connectivity index (χ2v) is 10.4. The molecular weight excluding hydrogens is 554 g/mol. The zero-order valence-corrected chi connectivity index (χ0v) is 22.5. The van der Waals surface area contributed by atoms with Crippen LogP contribution in [-0.4, -0.2) is 42.1 Å². The molecule has 0 saturated heterocycles. The predicted molar refractivity (Wildman–Crippen MR) is 145 cm³/mol. The number of nitriles is 1. The van der Waals surface area contributed by atoms with Gasteiger partial charge in [-0.05, 0) is 67.1 Å². The number of carbonyl (C=O) groups excluding carboxylic acids is 2. The molecule has 42 heavy (non-hydrogen) atoms. The molecule has 3 N–H and O–H groups in total. The van der Waals surface area contributed by atoms with Crippen LogP contribution in [0.4, 0.5) is 23.4 Å². The number of rotatable bonds is 7. The lowest BCUT2D eigenvalue weighted by atomic mass is 9.89. The van der Waals surface area contributed by atoms with Crippen LogP contribution in [0.2, 0.25) is 0 Å². The average Bonchev–Trinajstić information content (AvgIpc) is 3.60. The molecule has 2 amide bonds. The molecule has 218 valence electrons. The van der Waals surface area contributed by atoms with E-state index in [2.05, 4.69) is 27.0 Å². The summed E-state index contributed by atoms with van der Waals surface area (Å²) in [5, 5.41) is 17.4. The molecule has 2 heterocycles. The van der Waals surface area contributed by atoms with Gasteiger partial charge in [0.25, 0.3) is 5.91 Å². The van der Waals surface area contributed by atoms with Gasteiger partial charge in [0.2, 0.25) is 11.8 Å². The summed E-state index contributed by atoms with van der Waals surface area (Å²) in [5.74, 6) is -2.55. The van der Waals surface area contributed by atoms with Crippen molar-refractivity contribution in [3.05, 3.63) is 77.1 Å². The van der Waals surface area contributed by atoms with Crippen molar-refractivity contribution in [2.45, 2.75) is 49.4 Å². The van der Waals surface area contributed by atoms with Crippen LogP contribution >= 0.6 is 0 Å². The molecule has 1 aliphatic heterocycles. The molecule has 8 nitrogen and oxygen atoms in total. The number of anilines is 1. The molecule has 1 aromatic heterocycles. The summed E-state index contributed by atoms with van der Waals surface area (Å²) in [6, 6.07) is 15.3. The minimum Gasteiger partial charge on any atom is -0.468 e. The highest BCUT2D eigenvalue weighted by Crippen LogP contribution is 2.48. The van der Waals surface area contributed by atoms with Gasteiger partial charge in [0, 0.05) is 23.7 Å². The number of nitrogens with one attached hydrogen (secondary N) is 3. The zero-order chi connectivity index (χ0) is 30.1. The van der Waals surface area contributed by atoms with Gasteiger partial charge in [-0.2, -0.15) is 23.4 Å². The van der Waals surface area contributed by atoms with E-state index >= 15 is 0 Å². The summed E-state index contributed by atoms with van der Waals surface area (Å²) in [6.45, 7) is -1.39. The van der Waals surface area contributed by atoms with Gasteiger partial charge >= 0.3 is 6.18 Å². The molecule has 12 heteroatoms. The van der Waals surface area contributed by atoms with Gasteiger partial charge in [0.15, 0.2) is 0 Å². The second-order valence-electron chi connectivity index (χ2n) is 10.4. The number of alkyl halides is 3. The van der Waals surface area contributed by atoms with Crippen molar-refractivity contribution < 1.29 is 31.9 Å². The second kappa shape index (κ2) is 11.3. The predicted octanol–water partition coefficient (Wildman–Crippen LogP) is 5.39. The molecule has 1 aliphatic carbocycles. The van der Waals surface area contributed by atoms with E-state index in [1.807, 2.05) is 0 Å². The number of amides is 2. The number of hydrogen-bond acceptors (Lipinski definition) is 6. The van der Waals surface area contributed by atoms with Crippen LogP contribution in [0.5, 0.6) is 5.88 Å². The van der Waals surface area contributed by atoms with Crippen LogP contribution in [0.15, 0.2) is 54.6 Å². The number of likely N-dealkylation sites (N-methyl/N-ethyl adjacent to an activating group) is 1. The summed E-state index contributed by atoms with van der Waals surface area (Å²) in [4.78, 5) is 30.5. The normalized spacial score (nSPS) is 18.9. The Bertz CT molecular complexity index is 1550. The highest BCUT2D eigenvalue weighted by atomic mass is 19.4. The third kappa shape index (κ3) is 5.86. The molecule has 1 saturated carbocycles. The Kier molecular flexibility index (Phi) is 7.77. The zero-order valence-electron chi connectivity index (χ0n) is 22.5. The monoisotopic (exact) mass is 581 g/mol. The Balaban J connectivity index is 1.57. The van der Waals surface area contributed by atoms with E-state index in [9.17, 15) is 32.4 Å². The average molecular weight is 582 g/mol. The number of aromatic nitrogens is 1. The van der Waals surface area contributed by atoms with E-state index < -0.39 is 47.9 Å². The summed E-state index contributed by atoms with van der Waals surface area (Å²) in [5.41, 5.74) is 0.614. The summed E-state index contributed by atoms with van der Waals surface area (Å²) in [7, 11) is 1.44. The first-order chi connectivity index (χ1) is 20.0. The summed E-state index contributed by atoms with van der Waals surface area (Å²) < 4.78 is 59.3. The lowest BCUT2D eigenvalue weighted by molar-refractivity contribution is -0.123. The van der Waals surface area contributed by atoms with E-state index in [0.29, 0.717) is 29.5 Å².